The lowest BCUT2D eigenvalue weighted by molar-refractivity contribution is 0.302. The highest BCUT2D eigenvalue weighted by Crippen LogP contribution is 2.40. The largest absolute Gasteiger partial charge is 0.395 e. The molecule has 6 heteroatoms. The molecule has 0 spiro atoms. The van der Waals surface area contributed by atoms with Gasteiger partial charge < -0.3 is 10.0 Å². The summed E-state index contributed by atoms with van der Waals surface area (Å²) in [4.78, 5) is 13.3. The van der Waals surface area contributed by atoms with Crippen molar-refractivity contribution in [1.82, 2.24) is 9.97 Å². The molecule has 0 saturated heterocycles. The van der Waals surface area contributed by atoms with Crippen LogP contribution in [-0.2, 0) is 12.8 Å². The molecule has 102 valence electrons. The number of aliphatic hydroxyl groups is 1. The van der Waals surface area contributed by atoms with Gasteiger partial charge in [0, 0.05) is 18.0 Å². The molecule has 0 amide bonds. The van der Waals surface area contributed by atoms with E-state index >= 15 is 0 Å². The first kappa shape index (κ1) is 13.1. The van der Waals surface area contributed by atoms with Crippen LogP contribution in [0.2, 0.25) is 5.28 Å². The van der Waals surface area contributed by atoms with Crippen LogP contribution in [0, 0.1) is 0 Å². The van der Waals surface area contributed by atoms with E-state index in [0.29, 0.717) is 11.8 Å². The minimum absolute atomic E-state index is 0.114. The van der Waals surface area contributed by atoms with Crippen LogP contribution >= 0.6 is 22.9 Å². The average Bonchev–Trinajstić information content (AvgIpc) is 2.94. The van der Waals surface area contributed by atoms with Gasteiger partial charge in [-0.2, -0.15) is 4.98 Å². The van der Waals surface area contributed by atoms with Gasteiger partial charge in [-0.15, -0.1) is 11.3 Å². The Kier molecular flexibility index (Phi) is 3.60. The van der Waals surface area contributed by atoms with Crippen molar-refractivity contribution < 1.29 is 5.11 Å². The zero-order valence-electron chi connectivity index (χ0n) is 10.8. The molecule has 0 saturated carbocycles. The molecule has 1 aliphatic rings. The summed E-state index contributed by atoms with van der Waals surface area (Å²) in [6, 6.07) is 0. The van der Waals surface area contributed by atoms with E-state index < -0.39 is 0 Å². The van der Waals surface area contributed by atoms with Crippen molar-refractivity contribution in [3.63, 3.8) is 0 Å². The highest BCUT2D eigenvalue weighted by molar-refractivity contribution is 7.19. The van der Waals surface area contributed by atoms with Crippen molar-refractivity contribution >= 4 is 39.0 Å². The normalized spacial score (nSPS) is 14.1. The summed E-state index contributed by atoms with van der Waals surface area (Å²) < 4.78 is 0. The Morgan fingerprint density at radius 2 is 2.21 bits per heavy atom. The molecule has 0 radical (unpaired) electrons. The Balaban J connectivity index is 2.21. The topological polar surface area (TPSA) is 49.2 Å². The highest BCUT2D eigenvalue weighted by Gasteiger charge is 2.23. The highest BCUT2D eigenvalue weighted by atomic mass is 35.5. The number of halogens is 1. The van der Waals surface area contributed by atoms with Crippen molar-refractivity contribution in [3.8, 4) is 0 Å². The van der Waals surface area contributed by atoms with Crippen LogP contribution in [0.4, 0.5) is 5.82 Å². The third kappa shape index (κ3) is 2.20. The fourth-order valence-corrected chi connectivity index (χ4v) is 4.19. The second-order valence-corrected chi connectivity index (χ2v) is 6.08. The predicted octanol–water partition coefficient (Wildman–Crippen LogP) is 2.65. The van der Waals surface area contributed by atoms with Gasteiger partial charge in [0.1, 0.15) is 10.6 Å². The number of aliphatic hydroxyl groups excluding tert-OH is 1. The van der Waals surface area contributed by atoms with Crippen molar-refractivity contribution in [1.29, 1.82) is 0 Å². The number of hydrogen-bond donors (Lipinski definition) is 1. The first-order valence-electron chi connectivity index (χ1n) is 6.58. The molecule has 1 N–H and O–H groups in total. The lowest BCUT2D eigenvalue weighted by atomic mass is 10.2. The summed E-state index contributed by atoms with van der Waals surface area (Å²) in [5.74, 6) is 0.881. The zero-order chi connectivity index (χ0) is 13.4. The van der Waals surface area contributed by atoms with E-state index in [2.05, 4.69) is 21.8 Å². The van der Waals surface area contributed by atoms with Gasteiger partial charge in [0.2, 0.25) is 5.28 Å². The van der Waals surface area contributed by atoms with Crippen molar-refractivity contribution in [2.45, 2.75) is 26.2 Å². The minimum atomic E-state index is 0.114. The number of aromatic nitrogens is 2. The Morgan fingerprint density at radius 1 is 1.37 bits per heavy atom. The number of likely N-dealkylation sites (N-methyl/N-ethyl adjacent to an activating group) is 1. The Labute approximate surface area is 121 Å². The fourth-order valence-electron chi connectivity index (χ4n) is 2.71. The quantitative estimate of drug-likeness (QED) is 0.882. The van der Waals surface area contributed by atoms with Crippen LogP contribution in [0.5, 0.6) is 0 Å². The summed E-state index contributed by atoms with van der Waals surface area (Å²) in [5, 5.41) is 10.6. The molecule has 19 heavy (non-hydrogen) atoms. The molecule has 0 aliphatic heterocycles. The summed E-state index contributed by atoms with van der Waals surface area (Å²) in [6.07, 6.45) is 3.45. The van der Waals surface area contributed by atoms with Crippen LogP contribution in [0.15, 0.2) is 0 Å². The smallest absolute Gasteiger partial charge is 0.225 e. The first-order valence-corrected chi connectivity index (χ1v) is 7.77. The van der Waals surface area contributed by atoms with E-state index in [9.17, 15) is 5.11 Å². The van der Waals surface area contributed by atoms with Crippen LogP contribution in [0.25, 0.3) is 10.2 Å². The third-order valence-corrected chi connectivity index (χ3v) is 4.92. The molecule has 2 heterocycles. The van der Waals surface area contributed by atoms with Crippen molar-refractivity contribution in [3.05, 3.63) is 15.7 Å². The molecule has 4 nitrogen and oxygen atoms in total. The number of anilines is 1. The number of hydrogen-bond acceptors (Lipinski definition) is 5. The summed E-state index contributed by atoms with van der Waals surface area (Å²) in [7, 11) is 0. The predicted molar refractivity (Wildman–Crippen MR) is 79.4 cm³/mol. The van der Waals surface area contributed by atoms with Gasteiger partial charge in [-0.1, -0.05) is 0 Å². The van der Waals surface area contributed by atoms with Crippen LogP contribution in [0.3, 0.4) is 0 Å². The number of thiophene rings is 1. The number of nitrogens with zero attached hydrogens (tertiary/aromatic N) is 3. The van der Waals surface area contributed by atoms with E-state index in [4.69, 9.17) is 11.6 Å². The molecule has 2 aromatic rings. The SMILES string of the molecule is CCN(CCO)c1nc(Cl)nc2sc3c(c12)CCC3. The van der Waals surface area contributed by atoms with Crippen molar-refractivity contribution in [2.75, 3.05) is 24.6 Å². The lowest BCUT2D eigenvalue weighted by Gasteiger charge is -2.22. The van der Waals surface area contributed by atoms with Gasteiger partial charge in [-0.25, -0.2) is 4.98 Å². The van der Waals surface area contributed by atoms with Gasteiger partial charge in [-0.05, 0) is 43.4 Å². The summed E-state index contributed by atoms with van der Waals surface area (Å²) in [6.45, 7) is 3.55. The molecule has 0 bridgehead atoms. The van der Waals surface area contributed by atoms with E-state index in [1.54, 1.807) is 11.3 Å². The number of aryl methyl sites for hydroxylation is 2. The van der Waals surface area contributed by atoms with Crippen molar-refractivity contribution in [2.24, 2.45) is 0 Å². The zero-order valence-corrected chi connectivity index (χ0v) is 12.4. The van der Waals surface area contributed by atoms with Gasteiger partial charge >= 0.3 is 0 Å². The van der Waals surface area contributed by atoms with Crippen LogP contribution in [0.1, 0.15) is 23.8 Å². The van der Waals surface area contributed by atoms with Crippen LogP contribution < -0.4 is 4.90 Å². The lowest BCUT2D eigenvalue weighted by Crippen LogP contribution is -2.27. The van der Waals surface area contributed by atoms with Gasteiger partial charge in [0.05, 0.1) is 12.0 Å². The summed E-state index contributed by atoms with van der Waals surface area (Å²) >= 11 is 7.78. The number of fused-ring (bicyclic) bond motifs is 3. The molecule has 3 rings (SSSR count). The van der Waals surface area contributed by atoms with E-state index in [1.165, 1.54) is 16.9 Å². The molecule has 0 unspecified atom stereocenters. The first-order chi connectivity index (χ1) is 9.24. The summed E-state index contributed by atoms with van der Waals surface area (Å²) in [5.41, 5.74) is 1.39. The third-order valence-electron chi connectivity index (χ3n) is 3.57. The van der Waals surface area contributed by atoms with Gasteiger partial charge in [0.25, 0.3) is 0 Å². The maximum atomic E-state index is 9.20. The second-order valence-electron chi connectivity index (χ2n) is 4.66. The molecule has 0 aromatic carbocycles. The molecule has 1 aliphatic carbocycles. The van der Waals surface area contributed by atoms with E-state index in [1.807, 2.05) is 0 Å². The second kappa shape index (κ2) is 5.23. The number of rotatable bonds is 4. The maximum absolute atomic E-state index is 9.20. The maximum Gasteiger partial charge on any atom is 0.225 e. The van der Waals surface area contributed by atoms with Crippen LogP contribution in [-0.4, -0.2) is 34.8 Å². The van der Waals surface area contributed by atoms with E-state index in [0.717, 1.165) is 35.4 Å². The van der Waals surface area contributed by atoms with E-state index in [-0.39, 0.29) is 6.61 Å². The monoisotopic (exact) mass is 297 g/mol. The Bertz CT molecular complexity index is 613. The minimum Gasteiger partial charge on any atom is -0.395 e. The molecular formula is C13H16ClN3OS. The molecule has 2 aromatic heterocycles. The average molecular weight is 298 g/mol. The Morgan fingerprint density at radius 3 is 2.95 bits per heavy atom. The molecule has 0 fully saturated rings. The van der Waals surface area contributed by atoms with Gasteiger partial charge in [0.15, 0.2) is 0 Å². The Hall–Kier alpha value is -0.910. The molecular weight excluding hydrogens is 282 g/mol. The fraction of sp³-hybridized carbons (Fsp3) is 0.538. The standard InChI is InChI=1S/C13H16ClN3OS/c1-2-17(6-7-18)11-10-8-4-3-5-9(8)19-12(10)16-13(14)15-11/h18H,2-7H2,1H3. The van der Waals surface area contributed by atoms with Gasteiger partial charge in [-0.3, -0.25) is 0 Å². The molecule has 0 atom stereocenters.